The van der Waals surface area contributed by atoms with Crippen LogP contribution in [0, 0.1) is 6.26 Å². The van der Waals surface area contributed by atoms with E-state index in [4.69, 9.17) is 0 Å². The number of sulfone groups is 1. The molecule has 0 N–H and O–H groups in total. The Balaban J connectivity index is 3.42. The summed E-state index contributed by atoms with van der Waals surface area (Å²) in [4.78, 5) is 0. The summed E-state index contributed by atoms with van der Waals surface area (Å²) in [6, 6.07) is 0. The van der Waals surface area contributed by atoms with Crippen molar-refractivity contribution in [1.29, 1.82) is 0 Å². The minimum absolute atomic E-state index is 0.0613. The Bertz CT molecular complexity index is 138. The van der Waals surface area contributed by atoms with Crippen LogP contribution in [-0.4, -0.2) is 20.8 Å². The van der Waals surface area contributed by atoms with Crippen molar-refractivity contribution in [3.63, 3.8) is 0 Å². The third kappa shape index (κ3) is 5.88. The molecule has 0 fully saturated rings. The van der Waals surface area contributed by atoms with E-state index in [2.05, 4.69) is 6.26 Å². The molecule has 0 bridgehead atoms. The van der Waals surface area contributed by atoms with E-state index in [-0.39, 0.29) is 12.2 Å². The summed E-state index contributed by atoms with van der Waals surface area (Å²) in [7, 11) is -3.18. The quantitative estimate of drug-likeness (QED) is 0.572. The molecule has 0 rings (SSSR count). The van der Waals surface area contributed by atoms with Crippen molar-refractivity contribution >= 4 is 9.84 Å². The fourth-order valence-corrected chi connectivity index (χ4v) is 0.823. The Morgan fingerprint density at radius 3 is 2.12 bits per heavy atom. The van der Waals surface area contributed by atoms with Gasteiger partial charge in [0.1, 0.15) is 0 Å². The van der Waals surface area contributed by atoms with Gasteiger partial charge in [0.2, 0.25) is 0 Å². The van der Waals surface area contributed by atoms with Gasteiger partial charge in [-0.25, -0.2) is 8.42 Å². The van der Waals surface area contributed by atoms with E-state index in [0.717, 1.165) is 0 Å². The molecule has 0 unspecified atom stereocenters. The van der Waals surface area contributed by atoms with Crippen molar-refractivity contribution < 1.29 is 12.8 Å². The van der Waals surface area contributed by atoms with E-state index in [1.54, 1.807) is 0 Å². The highest BCUT2D eigenvalue weighted by Crippen LogP contribution is 1.89. The molecule has 0 aromatic rings. The van der Waals surface area contributed by atoms with Crippen LogP contribution in [0.5, 0.6) is 0 Å². The minimum atomic E-state index is -3.18. The predicted octanol–water partition coefficient (Wildman–Crippen LogP) is 0.552. The van der Waals surface area contributed by atoms with Gasteiger partial charge in [0, 0.05) is 0 Å². The van der Waals surface area contributed by atoms with Crippen LogP contribution in [0.1, 0.15) is 6.42 Å². The number of hydrogen-bond donors (Lipinski definition) is 0. The maximum Gasteiger partial charge on any atom is 0.151 e. The van der Waals surface area contributed by atoms with Crippen LogP contribution in [0.3, 0.4) is 0 Å². The summed E-state index contributed by atoms with van der Waals surface area (Å²) in [5, 5.41) is 0. The summed E-state index contributed by atoms with van der Waals surface area (Å²) in [6.45, 7) is -0.589. The van der Waals surface area contributed by atoms with E-state index >= 15 is 0 Å². The zero-order valence-corrected chi connectivity index (χ0v) is 5.25. The lowest BCUT2D eigenvalue weighted by atomic mass is 10.6. The maximum absolute atomic E-state index is 11.2. The van der Waals surface area contributed by atoms with Crippen molar-refractivity contribution in [2.75, 3.05) is 12.4 Å². The molecular weight excluding hydrogens is 131 g/mol. The fourth-order valence-electron chi connectivity index (χ4n) is 0.274. The zero-order chi connectivity index (χ0) is 6.62. The predicted molar refractivity (Wildman–Crippen MR) is 29.7 cm³/mol. The summed E-state index contributed by atoms with van der Waals surface area (Å²) >= 11 is 0. The summed E-state index contributed by atoms with van der Waals surface area (Å²) < 4.78 is 31.5. The smallest absolute Gasteiger partial charge is 0.151 e. The maximum atomic E-state index is 11.2. The van der Waals surface area contributed by atoms with Gasteiger partial charge in [0.15, 0.2) is 9.84 Å². The minimum Gasteiger partial charge on any atom is -0.251 e. The van der Waals surface area contributed by atoms with E-state index in [1.165, 1.54) is 0 Å². The second-order valence-corrected chi connectivity index (χ2v) is 3.39. The van der Waals surface area contributed by atoms with Crippen LogP contribution in [0.15, 0.2) is 0 Å². The lowest BCUT2D eigenvalue weighted by molar-refractivity contribution is 0.485. The van der Waals surface area contributed by atoms with E-state index in [9.17, 15) is 12.8 Å². The van der Waals surface area contributed by atoms with Crippen LogP contribution in [0.4, 0.5) is 4.39 Å². The van der Waals surface area contributed by atoms with E-state index in [0.29, 0.717) is 0 Å². The van der Waals surface area contributed by atoms with Crippen molar-refractivity contribution in [3.8, 4) is 0 Å². The van der Waals surface area contributed by atoms with E-state index < -0.39 is 16.5 Å². The monoisotopic (exact) mass is 139 g/mol. The number of hydrogen-bond acceptors (Lipinski definition) is 2. The van der Waals surface area contributed by atoms with Crippen molar-refractivity contribution in [2.45, 2.75) is 6.42 Å². The van der Waals surface area contributed by atoms with Gasteiger partial charge < -0.3 is 0 Å². The summed E-state index contributed by atoms with van der Waals surface area (Å²) in [5.74, 6) is -0.149. The van der Waals surface area contributed by atoms with Crippen LogP contribution in [0.2, 0.25) is 0 Å². The highest BCUT2D eigenvalue weighted by atomic mass is 32.2. The summed E-state index contributed by atoms with van der Waals surface area (Å²) in [6.07, 6.45) is 2.87. The Morgan fingerprint density at radius 1 is 1.50 bits per heavy atom. The first kappa shape index (κ1) is 7.88. The Hall–Kier alpha value is -0.120. The van der Waals surface area contributed by atoms with Crippen LogP contribution in [-0.2, 0) is 9.84 Å². The first-order chi connectivity index (χ1) is 3.56. The second-order valence-electron chi connectivity index (χ2n) is 1.49. The lowest BCUT2D eigenvalue weighted by Gasteiger charge is -1.89. The molecule has 0 aliphatic rings. The molecule has 1 radical (unpaired) electrons. The van der Waals surface area contributed by atoms with Crippen molar-refractivity contribution in [1.82, 2.24) is 0 Å². The third-order valence-electron chi connectivity index (χ3n) is 0.589. The van der Waals surface area contributed by atoms with Gasteiger partial charge in [-0.2, -0.15) is 0 Å². The molecule has 0 amide bonds. The molecule has 0 heterocycles. The lowest BCUT2D eigenvalue weighted by Crippen LogP contribution is -2.00. The van der Waals surface area contributed by atoms with Gasteiger partial charge >= 0.3 is 0 Å². The molecular formula is C4H8FO2S. The third-order valence-corrected chi connectivity index (χ3v) is 1.50. The molecule has 0 saturated heterocycles. The molecule has 0 atom stereocenters. The van der Waals surface area contributed by atoms with Crippen molar-refractivity contribution in [3.05, 3.63) is 6.26 Å². The van der Waals surface area contributed by atoms with Gasteiger partial charge in [0.05, 0.1) is 18.7 Å². The highest BCUT2D eigenvalue weighted by Gasteiger charge is 1.99. The molecule has 8 heavy (non-hydrogen) atoms. The van der Waals surface area contributed by atoms with Gasteiger partial charge in [0.25, 0.3) is 0 Å². The first-order valence-electron chi connectivity index (χ1n) is 2.18. The van der Waals surface area contributed by atoms with Gasteiger partial charge in [-0.1, -0.05) is 0 Å². The molecule has 4 heteroatoms. The molecule has 0 spiro atoms. The zero-order valence-electron chi connectivity index (χ0n) is 4.43. The van der Waals surface area contributed by atoms with Gasteiger partial charge in [-0.3, -0.25) is 4.39 Å². The molecule has 49 valence electrons. The standard InChI is InChI=1S/C4H8FO2S/c1-8(6,7)4-2-3-5/h1-4H2. The van der Waals surface area contributed by atoms with Crippen molar-refractivity contribution in [2.24, 2.45) is 0 Å². The Kier molecular flexibility index (Phi) is 2.97. The van der Waals surface area contributed by atoms with Gasteiger partial charge in [-0.05, 0) is 6.42 Å². The average Bonchev–Trinajstić information content (AvgIpc) is 1.59. The molecule has 0 aromatic carbocycles. The topological polar surface area (TPSA) is 34.1 Å². The van der Waals surface area contributed by atoms with E-state index in [1.807, 2.05) is 0 Å². The number of halogens is 1. The SMILES string of the molecule is [CH2]S(=O)(=O)CCCF. The normalized spacial score (nSPS) is 11.8. The second kappa shape index (κ2) is 3.02. The number of alkyl halides is 1. The highest BCUT2D eigenvalue weighted by molar-refractivity contribution is 7.92. The largest absolute Gasteiger partial charge is 0.251 e. The Labute approximate surface area is 48.6 Å². The molecule has 0 aliphatic carbocycles. The van der Waals surface area contributed by atoms with Crippen LogP contribution >= 0.6 is 0 Å². The molecule has 2 nitrogen and oxygen atoms in total. The summed E-state index contributed by atoms with van der Waals surface area (Å²) in [5.41, 5.74) is 0. The average molecular weight is 139 g/mol. The molecule has 0 saturated carbocycles. The fraction of sp³-hybridized carbons (Fsp3) is 0.750. The molecule has 0 aromatic heterocycles. The molecule has 0 aliphatic heterocycles. The number of rotatable bonds is 3. The first-order valence-corrected chi connectivity index (χ1v) is 4.00. The Morgan fingerprint density at radius 2 is 2.00 bits per heavy atom. The van der Waals surface area contributed by atoms with Crippen LogP contribution < -0.4 is 0 Å². The van der Waals surface area contributed by atoms with Crippen LogP contribution in [0.25, 0.3) is 0 Å². The van der Waals surface area contributed by atoms with Gasteiger partial charge in [-0.15, -0.1) is 0 Å².